The van der Waals surface area contributed by atoms with Crippen LogP contribution in [-0.2, 0) is 82.0 Å². The number of phosphoric acid groups is 1. The number of benzene rings is 1. The third kappa shape index (κ3) is 17.9. The number of amides is 2. The van der Waals surface area contributed by atoms with Crippen molar-refractivity contribution in [3.63, 3.8) is 0 Å². The van der Waals surface area contributed by atoms with Crippen LogP contribution in [0.2, 0.25) is 0 Å². The van der Waals surface area contributed by atoms with Gasteiger partial charge >= 0.3 is 13.8 Å². The van der Waals surface area contributed by atoms with Crippen molar-refractivity contribution in [2.24, 2.45) is 5.11 Å². The van der Waals surface area contributed by atoms with Gasteiger partial charge in [-0.1, -0.05) is 35.4 Å². The predicted octanol–water partition coefficient (Wildman–Crippen LogP) is -7.69. The van der Waals surface area contributed by atoms with Crippen LogP contribution < -0.4 is 10.6 Å². The van der Waals surface area contributed by atoms with Crippen LogP contribution >= 0.6 is 7.82 Å². The lowest BCUT2D eigenvalue weighted by molar-refractivity contribution is -0.337. The van der Waals surface area contributed by atoms with Crippen LogP contribution in [0.15, 0.2) is 35.4 Å². The first-order valence-electron chi connectivity index (χ1n) is 26.4. The normalized spacial score (nSPS) is 40.2. The molecule has 5 saturated heterocycles. The first-order valence-corrected chi connectivity index (χ1v) is 27.9. The number of ether oxygens (including phenoxy) is 10. The van der Waals surface area contributed by atoms with Crippen LogP contribution in [0.3, 0.4) is 0 Å². The van der Waals surface area contributed by atoms with E-state index >= 15 is 0 Å². The fraction of sp³-hybridized carbons (Fsp3) is 0.809. The number of azide groups is 1. The molecule has 17 N–H and O–H groups in total. The molecule has 0 aliphatic carbocycles. The lowest BCUT2D eigenvalue weighted by Gasteiger charge is -2.49. The summed E-state index contributed by atoms with van der Waals surface area (Å²) in [7, 11) is -5.47. The Kier molecular flexibility index (Phi) is 26.3. The maximum absolute atomic E-state index is 13.8. The van der Waals surface area contributed by atoms with E-state index in [0.717, 1.165) is 13.8 Å². The van der Waals surface area contributed by atoms with E-state index in [1.165, 1.54) is 0 Å². The standard InChI is InChI=1S/C47H74N5O31P/c1-18(55)50-28-35(62)31(58)22(11-53)78-44(28)83-42-29(51-19(2)56)45(79-23(12-54)43(68)69)82-27(41(42)72-13-20-7-4-3-5-8-20)17-76-84(70,71)75-16-26-34(61)38(65)40(67)47(81-26)74-15-25-33(60)37(64)39(66)46(80-25)73-14-24-32(59)36(63)30(57)21(77-24)9-6-10-49-52-48/h3-5,7-8,21-42,44-47,53-54,57-67H,6,9-17H2,1-2H3,(H,50,55)(H,51,56)(H,68,69)(H,70,71)/t21-,22+,23+,24+,25+,26+,27+,28+,29+,30-,31+,32+,33+,34+,35+,36+,37-,38-,39+,40+,41+,42+,44+,45-,46+,47+/m0/s1. The topological polar surface area (TPSA) is 555 Å². The van der Waals surface area contributed by atoms with Crippen LogP contribution in [0.4, 0.5) is 0 Å². The van der Waals surface area contributed by atoms with E-state index in [-0.39, 0.29) is 26.0 Å². The largest absolute Gasteiger partial charge is 0.479 e. The fourth-order valence-corrected chi connectivity index (χ4v) is 10.4. The van der Waals surface area contributed by atoms with E-state index in [2.05, 4.69) is 20.7 Å². The maximum atomic E-state index is 13.8. The van der Waals surface area contributed by atoms with Crippen molar-refractivity contribution < 1.29 is 152 Å². The van der Waals surface area contributed by atoms with Gasteiger partial charge in [0.2, 0.25) is 11.8 Å². The van der Waals surface area contributed by atoms with Gasteiger partial charge in [-0.05, 0) is 23.9 Å². The first kappa shape index (κ1) is 69.2. The van der Waals surface area contributed by atoms with Crippen LogP contribution in [0.5, 0.6) is 0 Å². The number of phosphoric ester groups is 1. The first-order chi connectivity index (χ1) is 39.8. The number of aliphatic carboxylic acids is 1. The number of hydrogen-bond donors (Lipinski definition) is 17. The Morgan fingerprint density at radius 2 is 1.10 bits per heavy atom. The van der Waals surface area contributed by atoms with Gasteiger partial charge in [0.15, 0.2) is 31.3 Å². The minimum atomic E-state index is -5.47. The molecule has 1 aromatic carbocycles. The van der Waals surface area contributed by atoms with E-state index < -0.39 is 225 Å². The summed E-state index contributed by atoms with van der Waals surface area (Å²) in [5.74, 6) is -3.33. The second kappa shape index (κ2) is 31.9. The molecule has 6 rings (SSSR count). The van der Waals surface area contributed by atoms with E-state index in [9.17, 15) is 95.3 Å². The average molecular weight is 1240 g/mol. The molecule has 84 heavy (non-hydrogen) atoms. The highest BCUT2D eigenvalue weighted by molar-refractivity contribution is 7.47. The molecule has 5 aliphatic rings. The molecule has 1 unspecified atom stereocenters. The third-order valence-corrected chi connectivity index (χ3v) is 15.1. The van der Waals surface area contributed by atoms with Crippen LogP contribution in [0, 0.1) is 0 Å². The molecule has 0 aromatic heterocycles. The van der Waals surface area contributed by atoms with Crippen molar-refractivity contribution in [2.45, 2.75) is 193 Å². The molecular formula is C47H74N5O31P. The summed E-state index contributed by atoms with van der Waals surface area (Å²) >= 11 is 0. The Bertz CT molecular complexity index is 2340. The molecule has 5 heterocycles. The Hall–Kier alpha value is -3.87. The Morgan fingerprint density at radius 1 is 0.607 bits per heavy atom. The van der Waals surface area contributed by atoms with Gasteiger partial charge in [0.1, 0.15) is 122 Å². The fourth-order valence-electron chi connectivity index (χ4n) is 9.70. The van der Waals surface area contributed by atoms with E-state index in [0.29, 0.717) is 5.56 Å². The van der Waals surface area contributed by atoms with E-state index in [4.69, 9.17) is 61.9 Å². The predicted molar refractivity (Wildman–Crippen MR) is 268 cm³/mol. The quantitative estimate of drug-likeness (QED) is 0.0122. The van der Waals surface area contributed by atoms with Gasteiger partial charge in [-0.2, -0.15) is 0 Å². The van der Waals surface area contributed by atoms with Crippen molar-refractivity contribution in [1.29, 1.82) is 0 Å². The smallest absolute Gasteiger partial charge is 0.472 e. The molecule has 1 aromatic rings. The Labute approximate surface area is 477 Å². The molecule has 0 bridgehead atoms. The number of nitrogens with zero attached hydrogens (tertiary/aromatic N) is 3. The van der Waals surface area contributed by atoms with Crippen molar-refractivity contribution in [3.05, 3.63) is 46.3 Å². The molecule has 478 valence electrons. The van der Waals surface area contributed by atoms with Gasteiger partial charge in [0.05, 0.1) is 52.4 Å². The summed E-state index contributed by atoms with van der Waals surface area (Å²) in [4.78, 5) is 51.2. The summed E-state index contributed by atoms with van der Waals surface area (Å²) in [5.41, 5.74) is 9.03. The molecule has 0 saturated carbocycles. The Morgan fingerprint density at radius 3 is 1.63 bits per heavy atom. The maximum Gasteiger partial charge on any atom is 0.472 e. The zero-order chi connectivity index (χ0) is 61.7. The SMILES string of the molecule is CC(=O)N[C@H]1[C@@H](O[C@@H]2[C@@H](NC(C)=O)[C@@H](O[C@H](CO)C(=O)O)O[C@H](COP(=O)(O)OC[C@H]3O[C@@H](OC[C@H]4O[C@@H](OC[C@H]5O[C@@H](CCCN=[N+]=[N-])[C@H](O)[C@@H](O)[C@@H]5O)[C@H](O)[C@@H](O)[C@@H]4O)[C@H](O)[C@@H](O)[C@@H]3O)[C@H]2OCc2ccccc2)O[C@H](CO)[C@@H](O)[C@@H]1O. The number of rotatable bonds is 28. The highest BCUT2D eigenvalue weighted by atomic mass is 31.2. The third-order valence-electron chi connectivity index (χ3n) is 14.2. The highest BCUT2D eigenvalue weighted by Crippen LogP contribution is 2.45. The second-order valence-corrected chi connectivity index (χ2v) is 21.7. The number of carboxylic acids is 1. The number of hydrogen-bond acceptors (Lipinski definition) is 30. The van der Waals surface area contributed by atoms with Gasteiger partial charge in [0.25, 0.3) is 0 Å². The van der Waals surface area contributed by atoms with Gasteiger partial charge < -0.3 is 134 Å². The lowest BCUT2D eigenvalue weighted by atomic mass is 9.93. The number of carbonyl (C=O) groups is 3. The lowest BCUT2D eigenvalue weighted by Crippen LogP contribution is -2.70. The average Bonchev–Trinajstić information content (AvgIpc) is 2.75. The number of aliphatic hydroxyl groups is 13. The van der Waals surface area contributed by atoms with Crippen molar-refractivity contribution >= 4 is 25.6 Å². The van der Waals surface area contributed by atoms with Gasteiger partial charge in [-0.3, -0.25) is 18.6 Å². The molecular weight excluding hydrogens is 1160 g/mol. The minimum absolute atomic E-state index is 0.0338. The zero-order valence-electron chi connectivity index (χ0n) is 45.0. The summed E-state index contributed by atoms with van der Waals surface area (Å²) < 4.78 is 82.4. The van der Waals surface area contributed by atoms with Crippen LogP contribution in [0.1, 0.15) is 32.3 Å². The van der Waals surface area contributed by atoms with Gasteiger partial charge in [-0.25, -0.2) is 9.36 Å². The molecule has 37 heteroatoms. The number of aliphatic hydroxyl groups excluding tert-OH is 13. The van der Waals surface area contributed by atoms with Gasteiger partial charge in [-0.15, -0.1) is 0 Å². The molecule has 5 aliphatic heterocycles. The monoisotopic (exact) mass is 1240 g/mol. The number of carbonyl (C=O) groups excluding carboxylic acids is 2. The zero-order valence-corrected chi connectivity index (χ0v) is 45.9. The highest BCUT2D eigenvalue weighted by Gasteiger charge is 2.55. The van der Waals surface area contributed by atoms with Crippen LogP contribution in [0.25, 0.3) is 10.4 Å². The second-order valence-electron chi connectivity index (χ2n) is 20.2. The van der Waals surface area contributed by atoms with Crippen molar-refractivity contribution in [1.82, 2.24) is 10.6 Å². The Balaban J connectivity index is 1.17. The van der Waals surface area contributed by atoms with Crippen molar-refractivity contribution in [3.8, 4) is 0 Å². The number of nitrogens with one attached hydrogen (secondary N) is 2. The van der Waals surface area contributed by atoms with E-state index in [1.54, 1.807) is 30.3 Å². The van der Waals surface area contributed by atoms with Crippen LogP contribution in [-0.4, -0.2) is 300 Å². The summed E-state index contributed by atoms with van der Waals surface area (Å²) in [6.07, 6.45) is -43.0. The van der Waals surface area contributed by atoms with E-state index in [1.807, 2.05) is 0 Å². The molecule has 27 atom stereocenters. The molecule has 0 radical (unpaired) electrons. The molecule has 5 fully saturated rings. The summed E-state index contributed by atoms with van der Waals surface area (Å²) in [6, 6.07) is 4.89. The van der Waals surface area contributed by atoms with Crippen molar-refractivity contribution in [2.75, 3.05) is 46.2 Å². The summed E-state index contributed by atoms with van der Waals surface area (Å²) in [5, 5.41) is 156. The molecule has 0 spiro atoms. The molecule has 36 nitrogen and oxygen atoms in total. The van der Waals surface area contributed by atoms with Gasteiger partial charge in [0, 0.05) is 25.3 Å². The minimum Gasteiger partial charge on any atom is -0.479 e. The molecule has 2 amide bonds. The number of carboxylic acid groups (broad SMARTS) is 1. The summed E-state index contributed by atoms with van der Waals surface area (Å²) in [6.45, 7) is -4.01.